The van der Waals surface area contributed by atoms with E-state index in [2.05, 4.69) is 33.0 Å². The quantitative estimate of drug-likeness (QED) is 0.152. The molecule has 0 bridgehead atoms. The van der Waals surface area contributed by atoms with Crippen LogP contribution in [0.5, 0.6) is 5.75 Å². The number of hydrogen-bond acceptors (Lipinski definition) is 8. The summed E-state index contributed by atoms with van der Waals surface area (Å²) >= 11 is 1.17. The third kappa shape index (κ3) is 6.45. The highest BCUT2D eigenvalue weighted by Crippen LogP contribution is 2.26. The molecule has 0 fully saturated rings. The summed E-state index contributed by atoms with van der Waals surface area (Å²) in [6.07, 6.45) is 4.17. The first kappa shape index (κ1) is 26.4. The smallest absolute Gasteiger partial charge is 0.329 e. The van der Waals surface area contributed by atoms with Crippen LogP contribution < -0.4 is 15.5 Å². The maximum atomic E-state index is 12.4. The molecule has 0 aliphatic heterocycles. The molecule has 2 aromatic heterocycles. The van der Waals surface area contributed by atoms with Gasteiger partial charge in [0.25, 0.3) is 0 Å². The highest BCUT2D eigenvalue weighted by atomic mass is 32.1. The lowest BCUT2D eigenvalue weighted by molar-refractivity contribution is -0.136. The zero-order chi connectivity index (χ0) is 27.7. The Labute approximate surface area is 234 Å². The minimum absolute atomic E-state index is 0.209. The van der Waals surface area contributed by atoms with Gasteiger partial charge < -0.3 is 4.74 Å². The Hall–Kier alpha value is -5.16. The van der Waals surface area contributed by atoms with E-state index >= 15 is 0 Å². The van der Waals surface area contributed by atoms with Gasteiger partial charge >= 0.3 is 11.8 Å². The van der Waals surface area contributed by atoms with Crippen LogP contribution in [0, 0.1) is 0 Å². The van der Waals surface area contributed by atoms with Crippen LogP contribution in [-0.4, -0.2) is 44.6 Å². The molecule has 5 rings (SSSR count). The summed E-state index contributed by atoms with van der Waals surface area (Å²) in [6, 6.07) is 26.7. The Morgan fingerprint density at radius 1 is 0.925 bits per heavy atom. The largest absolute Gasteiger partial charge is 0.494 e. The highest BCUT2D eigenvalue weighted by molar-refractivity contribution is 7.18. The number of benzene rings is 3. The topological polar surface area (TPSA) is 123 Å². The van der Waals surface area contributed by atoms with Gasteiger partial charge in [-0.1, -0.05) is 66.8 Å². The molecule has 10 nitrogen and oxygen atoms in total. The predicted octanol–water partition coefficient (Wildman–Crippen LogP) is 4.94. The summed E-state index contributed by atoms with van der Waals surface area (Å²) in [5, 5.41) is 20.0. The first-order valence-electron chi connectivity index (χ1n) is 12.5. The summed E-state index contributed by atoms with van der Waals surface area (Å²) in [4.78, 5) is 24.8. The number of aromatic nitrogens is 4. The van der Waals surface area contributed by atoms with Gasteiger partial charge in [-0.15, -0.1) is 10.2 Å². The van der Waals surface area contributed by atoms with Gasteiger partial charge in [-0.2, -0.15) is 10.2 Å². The number of carbonyl (C=O) groups is 2. The van der Waals surface area contributed by atoms with Crippen molar-refractivity contribution < 1.29 is 14.3 Å². The molecule has 5 aromatic rings. The van der Waals surface area contributed by atoms with Crippen LogP contribution in [0.2, 0.25) is 0 Å². The molecule has 0 atom stereocenters. The van der Waals surface area contributed by atoms with Crippen LogP contribution >= 0.6 is 11.3 Å². The molecule has 0 spiro atoms. The number of nitrogens with one attached hydrogen (secondary N) is 2. The number of hydrazone groups is 1. The zero-order valence-electron chi connectivity index (χ0n) is 21.5. The Morgan fingerprint density at radius 3 is 2.38 bits per heavy atom. The molecule has 2 amide bonds. The summed E-state index contributed by atoms with van der Waals surface area (Å²) in [5.41, 5.74) is 6.13. The minimum Gasteiger partial charge on any atom is -0.494 e. The molecule has 2 N–H and O–H groups in total. The van der Waals surface area contributed by atoms with Crippen LogP contribution in [0.15, 0.2) is 96.2 Å². The molecule has 0 saturated heterocycles. The summed E-state index contributed by atoms with van der Waals surface area (Å²) in [5.74, 6) is -1.08. The van der Waals surface area contributed by atoms with Crippen LogP contribution in [0.25, 0.3) is 27.5 Å². The molecular weight excluding hydrogens is 526 g/mol. The van der Waals surface area contributed by atoms with Crippen LogP contribution in [0.3, 0.4) is 0 Å². The fraction of sp³-hybridized carbons (Fsp3) is 0.103. The second kappa shape index (κ2) is 12.6. The van der Waals surface area contributed by atoms with E-state index in [0.717, 1.165) is 29.0 Å². The molecule has 40 heavy (non-hydrogen) atoms. The van der Waals surface area contributed by atoms with E-state index in [1.165, 1.54) is 17.6 Å². The molecule has 0 unspecified atom stereocenters. The van der Waals surface area contributed by atoms with Gasteiger partial charge in [0, 0.05) is 22.9 Å². The van der Waals surface area contributed by atoms with Crippen molar-refractivity contribution in [2.24, 2.45) is 5.10 Å². The maximum Gasteiger partial charge on any atom is 0.329 e. The average molecular weight is 552 g/mol. The van der Waals surface area contributed by atoms with Gasteiger partial charge in [-0.25, -0.2) is 10.1 Å². The summed E-state index contributed by atoms with van der Waals surface area (Å²) in [6.45, 7) is 2.69. The first-order valence-corrected chi connectivity index (χ1v) is 13.3. The van der Waals surface area contributed by atoms with E-state index in [9.17, 15) is 9.59 Å². The van der Waals surface area contributed by atoms with Gasteiger partial charge in [0.2, 0.25) is 5.13 Å². The van der Waals surface area contributed by atoms with Crippen molar-refractivity contribution in [2.45, 2.75) is 13.3 Å². The number of ether oxygens (including phenoxy) is 1. The predicted molar refractivity (Wildman–Crippen MR) is 154 cm³/mol. The molecule has 3 aromatic carbocycles. The standard InChI is InChI=1S/C29H25N7O3S/c1-2-17-39-24-15-13-20(14-16-24)25-22(19-36(35-25)23-11-7-4-8-12-23)18-30-32-27(38)26(37)31-29-34-33-28(40-29)21-9-5-3-6-10-21/h3-16,18-19H,2,17H2,1H3,(H,32,38)(H,31,34,37)/b30-18-. The van der Waals surface area contributed by atoms with E-state index in [-0.39, 0.29) is 5.13 Å². The Balaban J connectivity index is 1.29. The molecule has 200 valence electrons. The van der Waals surface area contributed by atoms with E-state index in [1.807, 2.05) is 84.9 Å². The fourth-order valence-electron chi connectivity index (χ4n) is 3.68. The summed E-state index contributed by atoms with van der Waals surface area (Å²) in [7, 11) is 0. The van der Waals surface area contributed by atoms with Crippen molar-refractivity contribution in [1.82, 2.24) is 25.4 Å². The van der Waals surface area contributed by atoms with Crippen molar-refractivity contribution in [3.8, 4) is 33.3 Å². The van der Waals surface area contributed by atoms with Crippen molar-refractivity contribution in [3.05, 3.63) is 96.7 Å². The monoisotopic (exact) mass is 551 g/mol. The van der Waals surface area contributed by atoms with E-state index in [4.69, 9.17) is 9.84 Å². The molecule has 2 heterocycles. The van der Waals surface area contributed by atoms with Crippen molar-refractivity contribution in [2.75, 3.05) is 11.9 Å². The van der Waals surface area contributed by atoms with Crippen molar-refractivity contribution in [1.29, 1.82) is 0 Å². The lowest BCUT2D eigenvalue weighted by Gasteiger charge is -2.05. The van der Waals surface area contributed by atoms with Crippen LogP contribution in [0.4, 0.5) is 5.13 Å². The third-order valence-corrected chi connectivity index (χ3v) is 6.49. The van der Waals surface area contributed by atoms with Crippen LogP contribution in [-0.2, 0) is 9.59 Å². The zero-order valence-corrected chi connectivity index (χ0v) is 22.3. The lowest BCUT2D eigenvalue weighted by Crippen LogP contribution is -2.32. The van der Waals surface area contributed by atoms with Gasteiger partial charge in [0.15, 0.2) is 0 Å². The maximum absolute atomic E-state index is 12.4. The number of para-hydroxylation sites is 1. The lowest BCUT2D eigenvalue weighted by atomic mass is 10.1. The van der Waals surface area contributed by atoms with E-state index in [1.54, 1.807) is 10.9 Å². The van der Waals surface area contributed by atoms with Crippen LogP contribution in [0.1, 0.15) is 18.9 Å². The number of nitrogens with zero attached hydrogens (tertiary/aromatic N) is 5. The second-order valence-electron chi connectivity index (χ2n) is 8.52. The van der Waals surface area contributed by atoms with Crippen molar-refractivity contribution in [3.63, 3.8) is 0 Å². The number of carbonyl (C=O) groups excluding carboxylic acids is 2. The molecular formula is C29H25N7O3S. The Bertz CT molecular complexity index is 1610. The minimum atomic E-state index is -0.942. The molecule has 0 saturated carbocycles. The number of hydrogen-bond donors (Lipinski definition) is 2. The highest BCUT2D eigenvalue weighted by Gasteiger charge is 2.17. The number of anilines is 1. The van der Waals surface area contributed by atoms with Gasteiger partial charge in [0.05, 0.1) is 18.5 Å². The normalized spacial score (nSPS) is 10.9. The second-order valence-corrected chi connectivity index (χ2v) is 9.50. The molecule has 0 aliphatic carbocycles. The average Bonchev–Trinajstić information content (AvgIpc) is 3.65. The fourth-order valence-corrected chi connectivity index (χ4v) is 4.43. The van der Waals surface area contributed by atoms with Gasteiger partial charge in [0.1, 0.15) is 16.5 Å². The number of amides is 2. The first-order chi connectivity index (χ1) is 19.6. The third-order valence-electron chi connectivity index (χ3n) is 5.61. The Kier molecular flexibility index (Phi) is 8.32. The van der Waals surface area contributed by atoms with E-state index < -0.39 is 11.8 Å². The van der Waals surface area contributed by atoms with E-state index in [0.29, 0.717) is 22.9 Å². The summed E-state index contributed by atoms with van der Waals surface area (Å²) < 4.78 is 7.41. The molecule has 0 radical (unpaired) electrons. The Morgan fingerprint density at radius 2 is 1.65 bits per heavy atom. The van der Waals surface area contributed by atoms with Crippen molar-refractivity contribution >= 4 is 34.5 Å². The number of rotatable bonds is 9. The SMILES string of the molecule is CCCOc1ccc(-c2nn(-c3ccccc3)cc2/C=N\NC(=O)C(=O)Nc2nnc(-c3ccccc3)s2)cc1. The molecule has 0 aliphatic rings. The molecule has 11 heteroatoms. The van der Waals surface area contributed by atoms with Gasteiger partial charge in [-0.3, -0.25) is 14.9 Å². The van der Waals surface area contributed by atoms with Gasteiger partial charge in [-0.05, 0) is 42.8 Å².